The van der Waals surface area contributed by atoms with Crippen molar-refractivity contribution in [2.24, 2.45) is 5.92 Å². The van der Waals surface area contributed by atoms with Crippen LogP contribution < -0.4 is 15.5 Å². The average Bonchev–Trinajstić information content (AvgIpc) is 3.01. The fourth-order valence-corrected chi connectivity index (χ4v) is 3.00. The van der Waals surface area contributed by atoms with Crippen LogP contribution in [-0.4, -0.2) is 25.0 Å². The van der Waals surface area contributed by atoms with E-state index in [4.69, 9.17) is 11.6 Å². The van der Waals surface area contributed by atoms with Crippen LogP contribution in [0.3, 0.4) is 0 Å². The third-order valence-corrected chi connectivity index (χ3v) is 4.51. The summed E-state index contributed by atoms with van der Waals surface area (Å²) in [5.74, 6) is -0.227. The molecule has 26 heavy (non-hydrogen) atoms. The predicted octanol–water partition coefficient (Wildman–Crippen LogP) is 3.33. The molecule has 136 valence electrons. The van der Waals surface area contributed by atoms with E-state index in [1.807, 2.05) is 12.1 Å². The molecule has 2 aromatic rings. The Labute approximate surface area is 156 Å². The van der Waals surface area contributed by atoms with Crippen molar-refractivity contribution in [3.05, 3.63) is 64.9 Å². The van der Waals surface area contributed by atoms with Crippen LogP contribution in [-0.2, 0) is 11.3 Å². The van der Waals surface area contributed by atoms with Gasteiger partial charge in [-0.25, -0.2) is 9.18 Å². The molecule has 3 rings (SSSR count). The summed E-state index contributed by atoms with van der Waals surface area (Å²) in [6.45, 7) is 1.27. The summed E-state index contributed by atoms with van der Waals surface area (Å²) >= 11 is 5.87. The Bertz CT molecular complexity index is 780. The number of amides is 3. The number of carbonyl (C=O) groups is 2. The second-order valence-electron chi connectivity index (χ2n) is 6.24. The number of nitrogens with one attached hydrogen (secondary N) is 2. The van der Waals surface area contributed by atoms with Crippen LogP contribution >= 0.6 is 11.6 Å². The Kier molecular flexibility index (Phi) is 5.73. The number of hydrogen-bond acceptors (Lipinski definition) is 2. The molecule has 7 heteroatoms. The van der Waals surface area contributed by atoms with Crippen LogP contribution in [0.15, 0.2) is 48.5 Å². The molecule has 1 aliphatic heterocycles. The Morgan fingerprint density at radius 1 is 1.12 bits per heavy atom. The fraction of sp³-hybridized carbons (Fsp3) is 0.263. The molecule has 1 heterocycles. The summed E-state index contributed by atoms with van der Waals surface area (Å²) < 4.78 is 12.8. The van der Waals surface area contributed by atoms with Crippen molar-refractivity contribution >= 4 is 29.2 Å². The van der Waals surface area contributed by atoms with Crippen LogP contribution in [0.4, 0.5) is 14.9 Å². The van der Waals surface area contributed by atoms with E-state index in [-0.39, 0.29) is 23.7 Å². The average molecular weight is 376 g/mol. The first-order chi connectivity index (χ1) is 12.5. The van der Waals surface area contributed by atoms with E-state index >= 15 is 0 Å². The largest absolute Gasteiger partial charge is 0.338 e. The molecule has 1 unspecified atom stereocenters. The number of urea groups is 1. The summed E-state index contributed by atoms with van der Waals surface area (Å²) in [7, 11) is 0. The van der Waals surface area contributed by atoms with Gasteiger partial charge in [0.2, 0.25) is 5.91 Å². The Morgan fingerprint density at radius 2 is 1.81 bits per heavy atom. The lowest BCUT2D eigenvalue weighted by molar-refractivity contribution is -0.117. The molecule has 0 bridgehead atoms. The number of nitrogens with zero attached hydrogens (tertiary/aromatic N) is 1. The minimum Gasteiger partial charge on any atom is -0.338 e. The maximum atomic E-state index is 12.8. The molecule has 2 aromatic carbocycles. The van der Waals surface area contributed by atoms with E-state index in [9.17, 15) is 14.0 Å². The van der Waals surface area contributed by atoms with Gasteiger partial charge in [-0.05, 0) is 42.0 Å². The standard InChI is InChI=1S/C19H19ClFN3O2/c20-15-3-7-17(8-4-15)24-12-14(9-18(24)25)11-23-19(26)22-10-13-1-5-16(21)6-2-13/h1-8,14H,9-12H2,(H2,22,23,26). The Balaban J connectivity index is 1.44. The number of anilines is 1. The van der Waals surface area contributed by atoms with Crippen LogP contribution in [0.1, 0.15) is 12.0 Å². The Hall–Kier alpha value is -2.60. The number of benzene rings is 2. The molecule has 1 atom stereocenters. The highest BCUT2D eigenvalue weighted by atomic mass is 35.5. The van der Waals surface area contributed by atoms with E-state index < -0.39 is 0 Å². The van der Waals surface area contributed by atoms with Gasteiger partial charge in [-0.1, -0.05) is 23.7 Å². The molecule has 5 nitrogen and oxygen atoms in total. The molecule has 1 aliphatic rings. The van der Waals surface area contributed by atoms with Crippen molar-refractivity contribution in [2.45, 2.75) is 13.0 Å². The quantitative estimate of drug-likeness (QED) is 0.842. The van der Waals surface area contributed by atoms with Gasteiger partial charge in [0.15, 0.2) is 0 Å². The zero-order valence-electron chi connectivity index (χ0n) is 14.0. The van der Waals surface area contributed by atoms with Crippen molar-refractivity contribution in [3.63, 3.8) is 0 Å². The third kappa shape index (κ3) is 4.73. The fourth-order valence-electron chi connectivity index (χ4n) is 2.87. The molecule has 1 fully saturated rings. The number of halogens is 2. The molecule has 0 aromatic heterocycles. The highest BCUT2D eigenvalue weighted by Crippen LogP contribution is 2.25. The van der Waals surface area contributed by atoms with Crippen molar-refractivity contribution < 1.29 is 14.0 Å². The lowest BCUT2D eigenvalue weighted by atomic mass is 10.1. The predicted molar refractivity (Wildman–Crippen MR) is 98.6 cm³/mol. The second kappa shape index (κ2) is 8.19. The molecule has 0 radical (unpaired) electrons. The first kappa shape index (κ1) is 18.2. The van der Waals surface area contributed by atoms with Gasteiger partial charge in [0, 0.05) is 42.7 Å². The SMILES string of the molecule is O=C(NCc1ccc(F)cc1)NCC1CC(=O)N(c2ccc(Cl)cc2)C1. The molecule has 2 N–H and O–H groups in total. The third-order valence-electron chi connectivity index (χ3n) is 4.26. The second-order valence-corrected chi connectivity index (χ2v) is 6.68. The first-order valence-corrected chi connectivity index (χ1v) is 8.71. The van der Waals surface area contributed by atoms with Gasteiger partial charge >= 0.3 is 6.03 Å². The smallest absolute Gasteiger partial charge is 0.315 e. The monoisotopic (exact) mass is 375 g/mol. The van der Waals surface area contributed by atoms with Gasteiger partial charge in [-0.3, -0.25) is 4.79 Å². The minimum absolute atomic E-state index is 0.0332. The topological polar surface area (TPSA) is 61.4 Å². The van der Waals surface area contributed by atoms with Gasteiger partial charge < -0.3 is 15.5 Å². The summed E-state index contributed by atoms with van der Waals surface area (Å²) in [4.78, 5) is 25.8. The molecule has 0 saturated carbocycles. The van der Waals surface area contributed by atoms with Crippen LogP contribution in [0, 0.1) is 11.7 Å². The summed E-state index contributed by atoms with van der Waals surface area (Å²) in [6, 6.07) is 12.7. The van der Waals surface area contributed by atoms with Crippen LogP contribution in [0.2, 0.25) is 5.02 Å². The van der Waals surface area contributed by atoms with Crippen LogP contribution in [0.25, 0.3) is 0 Å². The van der Waals surface area contributed by atoms with E-state index in [2.05, 4.69) is 10.6 Å². The van der Waals surface area contributed by atoms with E-state index in [1.165, 1.54) is 12.1 Å². The van der Waals surface area contributed by atoms with E-state index in [1.54, 1.807) is 29.2 Å². The van der Waals surface area contributed by atoms with E-state index in [0.29, 0.717) is 31.1 Å². The molecule has 3 amide bonds. The van der Waals surface area contributed by atoms with Crippen LogP contribution in [0.5, 0.6) is 0 Å². The molecular formula is C19H19ClFN3O2. The summed E-state index contributed by atoms with van der Waals surface area (Å²) in [5, 5.41) is 6.12. The van der Waals surface area contributed by atoms with Gasteiger partial charge in [-0.15, -0.1) is 0 Å². The summed E-state index contributed by atoms with van der Waals surface area (Å²) in [5.41, 5.74) is 1.62. The molecular weight excluding hydrogens is 357 g/mol. The number of hydrogen-bond donors (Lipinski definition) is 2. The maximum Gasteiger partial charge on any atom is 0.315 e. The normalized spacial score (nSPS) is 16.6. The van der Waals surface area contributed by atoms with Crippen molar-refractivity contribution in [2.75, 3.05) is 18.0 Å². The molecule has 0 aliphatic carbocycles. The van der Waals surface area contributed by atoms with Crippen molar-refractivity contribution in [1.29, 1.82) is 0 Å². The highest BCUT2D eigenvalue weighted by Gasteiger charge is 2.30. The number of rotatable bonds is 5. The first-order valence-electron chi connectivity index (χ1n) is 8.33. The summed E-state index contributed by atoms with van der Waals surface area (Å²) in [6.07, 6.45) is 0.390. The maximum absolute atomic E-state index is 12.8. The van der Waals surface area contributed by atoms with Crippen molar-refractivity contribution in [1.82, 2.24) is 10.6 Å². The minimum atomic E-state index is -0.313. The zero-order valence-corrected chi connectivity index (χ0v) is 14.8. The van der Waals surface area contributed by atoms with Gasteiger partial charge in [0.25, 0.3) is 0 Å². The molecule has 1 saturated heterocycles. The number of carbonyl (C=O) groups excluding carboxylic acids is 2. The molecule has 0 spiro atoms. The Morgan fingerprint density at radius 3 is 2.50 bits per heavy atom. The highest BCUT2D eigenvalue weighted by molar-refractivity contribution is 6.30. The van der Waals surface area contributed by atoms with Gasteiger partial charge in [0.1, 0.15) is 5.82 Å². The lowest BCUT2D eigenvalue weighted by Gasteiger charge is -2.17. The van der Waals surface area contributed by atoms with Gasteiger partial charge in [0.05, 0.1) is 0 Å². The van der Waals surface area contributed by atoms with Crippen molar-refractivity contribution in [3.8, 4) is 0 Å². The lowest BCUT2D eigenvalue weighted by Crippen LogP contribution is -2.38. The zero-order chi connectivity index (χ0) is 18.5. The van der Waals surface area contributed by atoms with Gasteiger partial charge in [-0.2, -0.15) is 0 Å². The van der Waals surface area contributed by atoms with E-state index in [0.717, 1.165) is 11.3 Å².